The minimum atomic E-state index is -0.481. The molecular formula is C14H22O2. The number of benzene rings is 1. The number of aliphatic hydroxyl groups is 1. The highest BCUT2D eigenvalue weighted by atomic mass is 16.5. The van der Waals surface area contributed by atoms with Gasteiger partial charge in [-0.3, -0.25) is 0 Å². The van der Waals surface area contributed by atoms with Crippen molar-refractivity contribution in [2.75, 3.05) is 6.61 Å². The van der Waals surface area contributed by atoms with Gasteiger partial charge in [-0.05, 0) is 24.8 Å². The Hall–Kier alpha value is -1.02. The van der Waals surface area contributed by atoms with Crippen LogP contribution in [0.5, 0.6) is 5.75 Å². The van der Waals surface area contributed by atoms with Gasteiger partial charge in [-0.25, -0.2) is 0 Å². The number of para-hydroxylation sites is 1. The van der Waals surface area contributed by atoms with Crippen LogP contribution in [-0.4, -0.2) is 11.7 Å². The van der Waals surface area contributed by atoms with E-state index >= 15 is 0 Å². The first kappa shape index (κ1) is 13.0. The molecule has 1 atom stereocenters. The minimum absolute atomic E-state index is 0.278. The lowest BCUT2D eigenvalue weighted by Crippen LogP contribution is -2.12. The molecule has 0 saturated heterocycles. The van der Waals surface area contributed by atoms with Gasteiger partial charge in [0.1, 0.15) is 5.75 Å². The molecule has 0 aliphatic carbocycles. The van der Waals surface area contributed by atoms with E-state index in [2.05, 4.69) is 20.8 Å². The van der Waals surface area contributed by atoms with Gasteiger partial charge in [0.15, 0.2) is 0 Å². The van der Waals surface area contributed by atoms with Gasteiger partial charge in [0.25, 0.3) is 0 Å². The van der Waals surface area contributed by atoms with Crippen LogP contribution in [0.3, 0.4) is 0 Å². The predicted octanol–water partition coefficient (Wildman–Crippen LogP) is 3.55. The second-order valence-electron chi connectivity index (χ2n) is 5.37. The van der Waals surface area contributed by atoms with Gasteiger partial charge in [0.05, 0.1) is 12.7 Å². The summed E-state index contributed by atoms with van der Waals surface area (Å²) in [6.07, 6.45) is 0.520. The highest BCUT2D eigenvalue weighted by molar-refractivity contribution is 5.34. The Labute approximate surface area is 98.3 Å². The lowest BCUT2D eigenvalue weighted by atomic mass is 9.93. The maximum absolute atomic E-state index is 9.58. The van der Waals surface area contributed by atoms with Crippen molar-refractivity contribution >= 4 is 0 Å². The Morgan fingerprint density at radius 1 is 1.25 bits per heavy atom. The zero-order valence-electron chi connectivity index (χ0n) is 10.7. The van der Waals surface area contributed by atoms with E-state index in [1.807, 2.05) is 24.3 Å². The Bertz CT molecular complexity index is 324. The SMILES string of the molecule is CC(O)c1ccccc1OCCC(C)(C)C. The van der Waals surface area contributed by atoms with E-state index in [9.17, 15) is 5.11 Å². The molecule has 2 nitrogen and oxygen atoms in total. The highest BCUT2D eigenvalue weighted by Crippen LogP contribution is 2.26. The lowest BCUT2D eigenvalue weighted by Gasteiger charge is -2.19. The summed E-state index contributed by atoms with van der Waals surface area (Å²) in [7, 11) is 0. The van der Waals surface area contributed by atoms with Gasteiger partial charge < -0.3 is 9.84 Å². The normalized spacial score (nSPS) is 13.6. The van der Waals surface area contributed by atoms with Crippen LogP contribution in [0.4, 0.5) is 0 Å². The maximum Gasteiger partial charge on any atom is 0.125 e. The highest BCUT2D eigenvalue weighted by Gasteiger charge is 2.12. The molecule has 0 aliphatic rings. The molecule has 0 heterocycles. The molecule has 1 unspecified atom stereocenters. The largest absolute Gasteiger partial charge is 0.493 e. The Morgan fingerprint density at radius 2 is 1.88 bits per heavy atom. The van der Waals surface area contributed by atoms with Gasteiger partial charge in [0.2, 0.25) is 0 Å². The Kier molecular flexibility index (Phi) is 4.36. The van der Waals surface area contributed by atoms with Gasteiger partial charge in [-0.1, -0.05) is 39.0 Å². The van der Waals surface area contributed by atoms with Crippen LogP contribution in [0, 0.1) is 5.41 Å². The van der Waals surface area contributed by atoms with E-state index in [1.165, 1.54) is 0 Å². The molecule has 1 aromatic rings. The van der Waals surface area contributed by atoms with Crippen molar-refractivity contribution in [3.8, 4) is 5.75 Å². The van der Waals surface area contributed by atoms with Crippen molar-refractivity contribution in [1.82, 2.24) is 0 Å². The predicted molar refractivity (Wildman–Crippen MR) is 66.6 cm³/mol. The molecule has 0 fully saturated rings. The molecular weight excluding hydrogens is 200 g/mol. The average Bonchev–Trinajstić information content (AvgIpc) is 2.16. The third-order valence-electron chi connectivity index (χ3n) is 2.48. The summed E-state index contributed by atoms with van der Waals surface area (Å²) in [5.41, 5.74) is 1.14. The molecule has 0 spiro atoms. The summed E-state index contributed by atoms with van der Waals surface area (Å²) >= 11 is 0. The first-order valence-corrected chi connectivity index (χ1v) is 5.80. The van der Waals surface area contributed by atoms with E-state index in [1.54, 1.807) is 6.92 Å². The zero-order valence-corrected chi connectivity index (χ0v) is 10.7. The van der Waals surface area contributed by atoms with Crippen molar-refractivity contribution in [2.45, 2.75) is 40.2 Å². The standard InChI is InChI=1S/C14H22O2/c1-11(15)12-7-5-6-8-13(12)16-10-9-14(2,3)4/h5-8,11,15H,9-10H2,1-4H3. The number of hydrogen-bond acceptors (Lipinski definition) is 2. The zero-order chi connectivity index (χ0) is 12.2. The molecule has 1 rings (SSSR count). The quantitative estimate of drug-likeness (QED) is 0.844. The van der Waals surface area contributed by atoms with Crippen molar-refractivity contribution in [2.24, 2.45) is 5.41 Å². The molecule has 0 saturated carbocycles. The van der Waals surface area contributed by atoms with Crippen LogP contribution < -0.4 is 4.74 Å². The fourth-order valence-electron chi connectivity index (χ4n) is 1.42. The van der Waals surface area contributed by atoms with E-state index in [4.69, 9.17) is 4.74 Å². The molecule has 0 amide bonds. The van der Waals surface area contributed by atoms with Crippen LogP contribution >= 0.6 is 0 Å². The molecule has 90 valence electrons. The number of aliphatic hydroxyl groups excluding tert-OH is 1. The molecule has 1 aromatic carbocycles. The number of hydrogen-bond donors (Lipinski definition) is 1. The fourth-order valence-corrected chi connectivity index (χ4v) is 1.42. The topological polar surface area (TPSA) is 29.5 Å². The van der Waals surface area contributed by atoms with Gasteiger partial charge >= 0.3 is 0 Å². The molecule has 16 heavy (non-hydrogen) atoms. The second kappa shape index (κ2) is 5.35. The monoisotopic (exact) mass is 222 g/mol. The Morgan fingerprint density at radius 3 is 2.44 bits per heavy atom. The summed E-state index contributed by atoms with van der Waals surface area (Å²) in [5.74, 6) is 0.793. The van der Waals surface area contributed by atoms with Crippen molar-refractivity contribution in [3.05, 3.63) is 29.8 Å². The van der Waals surface area contributed by atoms with Crippen LogP contribution in [-0.2, 0) is 0 Å². The minimum Gasteiger partial charge on any atom is -0.493 e. The molecule has 0 bridgehead atoms. The maximum atomic E-state index is 9.58. The third-order valence-corrected chi connectivity index (χ3v) is 2.48. The molecule has 0 aliphatic heterocycles. The summed E-state index contributed by atoms with van der Waals surface area (Å²) < 4.78 is 5.71. The van der Waals surface area contributed by atoms with Crippen molar-refractivity contribution < 1.29 is 9.84 Å². The van der Waals surface area contributed by atoms with E-state index in [-0.39, 0.29) is 5.41 Å². The van der Waals surface area contributed by atoms with Crippen LogP contribution in [0.1, 0.15) is 45.8 Å². The van der Waals surface area contributed by atoms with Crippen molar-refractivity contribution in [1.29, 1.82) is 0 Å². The first-order chi connectivity index (χ1) is 7.40. The molecule has 2 heteroatoms. The molecule has 1 N–H and O–H groups in total. The fraction of sp³-hybridized carbons (Fsp3) is 0.571. The summed E-state index contributed by atoms with van der Waals surface area (Å²) in [5, 5.41) is 9.58. The van der Waals surface area contributed by atoms with E-state index in [0.29, 0.717) is 6.61 Å². The third kappa shape index (κ3) is 4.23. The number of ether oxygens (including phenoxy) is 1. The van der Waals surface area contributed by atoms with Crippen LogP contribution in [0.2, 0.25) is 0 Å². The van der Waals surface area contributed by atoms with Crippen LogP contribution in [0.15, 0.2) is 24.3 Å². The average molecular weight is 222 g/mol. The summed E-state index contributed by atoms with van der Waals surface area (Å²) in [6.45, 7) is 9.02. The van der Waals surface area contributed by atoms with Crippen LogP contribution in [0.25, 0.3) is 0 Å². The Balaban J connectivity index is 2.60. The molecule has 0 radical (unpaired) electrons. The first-order valence-electron chi connectivity index (χ1n) is 5.80. The summed E-state index contributed by atoms with van der Waals surface area (Å²) in [6, 6.07) is 7.65. The smallest absolute Gasteiger partial charge is 0.125 e. The molecule has 0 aromatic heterocycles. The van der Waals surface area contributed by atoms with E-state index in [0.717, 1.165) is 17.7 Å². The van der Waals surface area contributed by atoms with Crippen molar-refractivity contribution in [3.63, 3.8) is 0 Å². The van der Waals surface area contributed by atoms with E-state index < -0.39 is 6.10 Å². The lowest BCUT2D eigenvalue weighted by molar-refractivity contribution is 0.186. The van der Waals surface area contributed by atoms with Gasteiger partial charge in [-0.15, -0.1) is 0 Å². The summed E-state index contributed by atoms with van der Waals surface area (Å²) in [4.78, 5) is 0. The van der Waals surface area contributed by atoms with Gasteiger partial charge in [-0.2, -0.15) is 0 Å². The number of rotatable bonds is 4. The van der Waals surface area contributed by atoms with Gasteiger partial charge in [0, 0.05) is 5.56 Å². The second-order valence-corrected chi connectivity index (χ2v) is 5.37.